The normalized spacial score (nSPS) is 10.7. The van der Waals surface area contributed by atoms with Crippen molar-refractivity contribution in [3.63, 3.8) is 0 Å². The number of rotatable bonds is 2. The van der Waals surface area contributed by atoms with Gasteiger partial charge in [-0.2, -0.15) is 4.98 Å². The van der Waals surface area contributed by atoms with Crippen LogP contribution in [0.4, 0.5) is 5.95 Å². The summed E-state index contributed by atoms with van der Waals surface area (Å²) < 4.78 is 0. The van der Waals surface area contributed by atoms with Gasteiger partial charge >= 0.3 is 0 Å². The first-order chi connectivity index (χ1) is 8.72. The van der Waals surface area contributed by atoms with Crippen molar-refractivity contribution in [3.8, 4) is 0 Å². The maximum absolute atomic E-state index is 12.0. The number of anilines is 1. The molecule has 90 valence electrons. The lowest BCUT2D eigenvalue weighted by Crippen LogP contribution is -2.12. The van der Waals surface area contributed by atoms with E-state index in [1.165, 1.54) is 0 Å². The first-order valence-corrected chi connectivity index (χ1v) is 5.50. The summed E-state index contributed by atoms with van der Waals surface area (Å²) in [7, 11) is 0. The summed E-state index contributed by atoms with van der Waals surface area (Å²) in [4.78, 5) is 19.1. The molecular weight excluding hydrogens is 230 g/mol. The Morgan fingerprint density at radius 3 is 3.00 bits per heavy atom. The third-order valence-corrected chi connectivity index (χ3v) is 2.64. The van der Waals surface area contributed by atoms with E-state index in [0.717, 1.165) is 10.9 Å². The van der Waals surface area contributed by atoms with E-state index in [9.17, 15) is 4.79 Å². The number of nitrogens with zero attached hydrogens (tertiary/aromatic N) is 2. The minimum Gasteiger partial charge on any atom is -0.361 e. The van der Waals surface area contributed by atoms with Gasteiger partial charge in [0.05, 0.1) is 0 Å². The molecular formula is C12H11N5O. The van der Waals surface area contributed by atoms with Gasteiger partial charge in [0.15, 0.2) is 0 Å². The molecule has 3 aromatic rings. The molecule has 2 aromatic heterocycles. The van der Waals surface area contributed by atoms with E-state index in [1.807, 2.05) is 24.4 Å². The molecule has 6 heteroatoms. The van der Waals surface area contributed by atoms with Crippen molar-refractivity contribution in [1.29, 1.82) is 0 Å². The van der Waals surface area contributed by atoms with Crippen molar-refractivity contribution >= 4 is 22.8 Å². The van der Waals surface area contributed by atoms with E-state index in [4.69, 9.17) is 0 Å². The molecule has 6 nitrogen and oxygen atoms in total. The van der Waals surface area contributed by atoms with E-state index < -0.39 is 0 Å². The summed E-state index contributed by atoms with van der Waals surface area (Å²) in [6.45, 7) is 1.77. The molecule has 0 aliphatic carbocycles. The maximum Gasteiger partial charge on any atom is 0.258 e. The summed E-state index contributed by atoms with van der Waals surface area (Å²) in [5.41, 5.74) is 1.57. The molecule has 3 rings (SSSR count). The minimum absolute atomic E-state index is 0.225. The van der Waals surface area contributed by atoms with Crippen molar-refractivity contribution in [2.75, 3.05) is 5.32 Å². The van der Waals surface area contributed by atoms with Crippen LogP contribution in [-0.2, 0) is 0 Å². The zero-order valence-corrected chi connectivity index (χ0v) is 9.69. The third kappa shape index (κ3) is 1.84. The lowest BCUT2D eigenvalue weighted by atomic mass is 10.1. The molecule has 1 amide bonds. The van der Waals surface area contributed by atoms with Crippen LogP contribution in [-0.4, -0.2) is 26.1 Å². The van der Waals surface area contributed by atoms with Crippen LogP contribution >= 0.6 is 0 Å². The second-order valence-corrected chi connectivity index (χ2v) is 3.98. The number of hydrogen-bond donors (Lipinski definition) is 3. The zero-order chi connectivity index (χ0) is 12.5. The Hall–Kier alpha value is -2.63. The molecule has 18 heavy (non-hydrogen) atoms. The molecule has 0 radical (unpaired) electrons. The Kier molecular flexibility index (Phi) is 2.33. The van der Waals surface area contributed by atoms with Gasteiger partial charge in [0.25, 0.3) is 5.91 Å². The van der Waals surface area contributed by atoms with E-state index in [2.05, 4.69) is 25.5 Å². The fraction of sp³-hybridized carbons (Fsp3) is 0.0833. The van der Waals surface area contributed by atoms with Crippen LogP contribution in [0.15, 0.2) is 30.5 Å². The number of benzene rings is 1. The molecule has 0 bridgehead atoms. The molecule has 0 saturated carbocycles. The van der Waals surface area contributed by atoms with Gasteiger partial charge < -0.3 is 4.98 Å². The highest BCUT2D eigenvalue weighted by atomic mass is 16.1. The molecule has 2 heterocycles. The fourth-order valence-electron chi connectivity index (χ4n) is 1.77. The van der Waals surface area contributed by atoms with E-state index in [1.54, 1.807) is 13.0 Å². The molecule has 0 aliphatic rings. The van der Waals surface area contributed by atoms with Crippen LogP contribution in [0.1, 0.15) is 16.2 Å². The topological polar surface area (TPSA) is 86.5 Å². The number of aromatic nitrogens is 4. The number of amides is 1. The van der Waals surface area contributed by atoms with Crippen molar-refractivity contribution in [2.45, 2.75) is 6.92 Å². The van der Waals surface area contributed by atoms with Gasteiger partial charge in [-0.1, -0.05) is 0 Å². The molecule has 1 aromatic carbocycles. The average Bonchev–Trinajstić information content (AvgIpc) is 2.96. The van der Waals surface area contributed by atoms with Crippen molar-refractivity contribution in [2.24, 2.45) is 0 Å². The lowest BCUT2D eigenvalue weighted by molar-refractivity contribution is 0.102. The maximum atomic E-state index is 12.0. The van der Waals surface area contributed by atoms with Crippen molar-refractivity contribution in [1.82, 2.24) is 20.2 Å². The fourth-order valence-corrected chi connectivity index (χ4v) is 1.77. The third-order valence-electron chi connectivity index (χ3n) is 2.64. The number of hydrogen-bond acceptors (Lipinski definition) is 3. The SMILES string of the molecule is Cc1nc(NC(=O)c2ccc3[nH]ccc3c2)n[nH]1. The second kappa shape index (κ2) is 3.99. The highest BCUT2D eigenvalue weighted by Crippen LogP contribution is 2.15. The number of aromatic amines is 2. The smallest absolute Gasteiger partial charge is 0.258 e. The van der Waals surface area contributed by atoms with E-state index in [0.29, 0.717) is 11.4 Å². The number of nitrogens with one attached hydrogen (secondary N) is 3. The van der Waals surface area contributed by atoms with Crippen LogP contribution in [0.2, 0.25) is 0 Å². The van der Waals surface area contributed by atoms with Crippen LogP contribution in [0.3, 0.4) is 0 Å². The molecule has 0 atom stereocenters. The van der Waals surface area contributed by atoms with Gasteiger partial charge in [0, 0.05) is 22.7 Å². The first-order valence-electron chi connectivity index (χ1n) is 5.50. The average molecular weight is 241 g/mol. The predicted octanol–water partition coefficient (Wildman–Crippen LogP) is 1.85. The number of carbonyl (C=O) groups is 1. The van der Waals surface area contributed by atoms with Gasteiger partial charge in [-0.05, 0) is 31.2 Å². The van der Waals surface area contributed by atoms with Crippen molar-refractivity contribution in [3.05, 3.63) is 41.9 Å². The zero-order valence-electron chi connectivity index (χ0n) is 9.69. The first kappa shape index (κ1) is 10.5. The predicted molar refractivity (Wildman–Crippen MR) is 67.4 cm³/mol. The molecule has 3 N–H and O–H groups in total. The number of aryl methyl sites for hydroxylation is 1. The van der Waals surface area contributed by atoms with Gasteiger partial charge in [-0.3, -0.25) is 15.2 Å². The Morgan fingerprint density at radius 1 is 1.33 bits per heavy atom. The van der Waals surface area contributed by atoms with Gasteiger partial charge in [-0.15, -0.1) is 5.10 Å². The van der Waals surface area contributed by atoms with Crippen molar-refractivity contribution < 1.29 is 4.79 Å². The van der Waals surface area contributed by atoms with E-state index in [-0.39, 0.29) is 11.9 Å². The van der Waals surface area contributed by atoms with Gasteiger partial charge in [0.1, 0.15) is 5.82 Å². The Balaban J connectivity index is 1.87. The summed E-state index contributed by atoms with van der Waals surface area (Å²) >= 11 is 0. The highest BCUT2D eigenvalue weighted by Gasteiger charge is 2.09. The van der Waals surface area contributed by atoms with E-state index >= 15 is 0 Å². The monoisotopic (exact) mass is 241 g/mol. The minimum atomic E-state index is -0.225. The molecule has 0 spiro atoms. The molecule has 0 saturated heterocycles. The second-order valence-electron chi connectivity index (χ2n) is 3.98. The van der Waals surface area contributed by atoms with Gasteiger partial charge in [-0.25, -0.2) is 0 Å². The summed E-state index contributed by atoms with van der Waals surface area (Å²) in [5.74, 6) is 0.718. The summed E-state index contributed by atoms with van der Waals surface area (Å²) in [6, 6.07) is 7.37. The summed E-state index contributed by atoms with van der Waals surface area (Å²) in [6.07, 6.45) is 1.84. The Bertz CT molecular complexity index is 712. The highest BCUT2D eigenvalue weighted by molar-refractivity contribution is 6.05. The van der Waals surface area contributed by atoms with Crippen LogP contribution in [0, 0.1) is 6.92 Å². The molecule has 0 aliphatic heterocycles. The largest absolute Gasteiger partial charge is 0.361 e. The van der Waals surface area contributed by atoms with Gasteiger partial charge in [0.2, 0.25) is 5.95 Å². The van der Waals surface area contributed by atoms with Crippen LogP contribution in [0.5, 0.6) is 0 Å². The Morgan fingerprint density at radius 2 is 2.22 bits per heavy atom. The molecule has 0 fully saturated rings. The number of fused-ring (bicyclic) bond motifs is 1. The van der Waals surface area contributed by atoms with Crippen LogP contribution < -0.4 is 5.32 Å². The lowest BCUT2D eigenvalue weighted by Gasteiger charge is -2.01. The number of H-pyrrole nitrogens is 2. The number of carbonyl (C=O) groups excluding carboxylic acids is 1. The quantitative estimate of drug-likeness (QED) is 0.639. The standard InChI is InChI=1S/C12H11N5O/c1-7-14-12(17-16-7)15-11(18)9-2-3-10-8(6-9)4-5-13-10/h2-6,13H,1H3,(H2,14,15,16,17,18). The Labute approximate surface area is 102 Å². The molecule has 0 unspecified atom stereocenters. The summed E-state index contributed by atoms with van der Waals surface area (Å²) in [5, 5.41) is 10.2. The van der Waals surface area contributed by atoms with Crippen LogP contribution in [0.25, 0.3) is 10.9 Å².